The Hall–Kier alpha value is -1.26. The number of benzene rings is 1. The average Bonchev–Trinajstić information content (AvgIpc) is 2.85. The average molecular weight is 279 g/mol. The van der Waals surface area contributed by atoms with Crippen molar-refractivity contribution in [2.75, 3.05) is 31.1 Å². The predicted octanol–water partition coefficient (Wildman–Crippen LogP) is 1.91. The highest BCUT2D eigenvalue weighted by atomic mass is 35.5. The van der Waals surface area contributed by atoms with Crippen molar-refractivity contribution in [3.63, 3.8) is 0 Å². The largest absolute Gasteiger partial charge is 0.384 e. The van der Waals surface area contributed by atoms with Crippen molar-refractivity contribution in [1.82, 2.24) is 4.90 Å². The molecule has 3 N–H and O–H groups in total. The zero-order valence-electron chi connectivity index (χ0n) is 10.9. The Bertz CT molecular complexity index is 502. The van der Waals surface area contributed by atoms with Gasteiger partial charge in [0.2, 0.25) is 0 Å². The molecule has 19 heavy (non-hydrogen) atoms. The van der Waals surface area contributed by atoms with Gasteiger partial charge in [0.05, 0.1) is 0 Å². The molecule has 1 aromatic rings. The third-order valence-electron chi connectivity index (χ3n) is 4.18. The molecule has 0 spiro atoms. The second-order valence-corrected chi connectivity index (χ2v) is 5.79. The van der Waals surface area contributed by atoms with Crippen LogP contribution in [0.4, 0.5) is 5.69 Å². The number of hydrogen-bond acceptors (Lipinski definition) is 3. The summed E-state index contributed by atoms with van der Waals surface area (Å²) in [6.07, 6.45) is 2.57. The molecular weight excluding hydrogens is 260 g/mol. The number of anilines is 1. The highest BCUT2D eigenvalue weighted by Gasteiger charge is 2.31. The highest BCUT2D eigenvalue weighted by molar-refractivity contribution is 6.31. The maximum atomic E-state index is 7.71. The second kappa shape index (κ2) is 5.02. The summed E-state index contributed by atoms with van der Waals surface area (Å²) >= 11 is 6.10. The van der Waals surface area contributed by atoms with Crippen molar-refractivity contribution >= 4 is 23.1 Å². The van der Waals surface area contributed by atoms with Crippen molar-refractivity contribution in [1.29, 1.82) is 5.41 Å². The molecule has 1 unspecified atom stereocenters. The topological polar surface area (TPSA) is 56.4 Å². The Morgan fingerprint density at radius 1 is 1.32 bits per heavy atom. The Morgan fingerprint density at radius 3 is 2.95 bits per heavy atom. The van der Waals surface area contributed by atoms with Crippen molar-refractivity contribution in [2.24, 2.45) is 5.73 Å². The quantitative estimate of drug-likeness (QED) is 0.642. The Balaban J connectivity index is 1.89. The minimum atomic E-state index is 0.112. The van der Waals surface area contributed by atoms with E-state index in [9.17, 15) is 0 Å². The van der Waals surface area contributed by atoms with Crippen LogP contribution in [0.15, 0.2) is 18.2 Å². The number of amidine groups is 1. The lowest BCUT2D eigenvalue weighted by Gasteiger charge is -2.39. The zero-order chi connectivity index (χ0) is 13.4. The van der Waals surface area contributed by atoms with Gasteiger partial charge in [-0.15, -0.1) is 0 Å². The molecule has 2 aliphatic rings. The van der Waals surface area contributed by atoms with Crippen molar-refractivity contribution < 1.29 is 0 Å². The third kappa shape index (κ3) is 2.42. The lowest BCUT2D eigenvalue weighted by atomic mass is 10.1. The van der Waals surface area contributed by atoms with E-state index in [-0.39, 0.29) is 5.84 Å². The summed E-state index contributed by atoms with van der Waals surface area (Å²) in [5, 5.41) is 8.41. The molecule has 0 aliphatic carbocycles. The van der Waals surface area contributed by atoms with Gasteiger partial charge < -0.3 is 10.6 Å². The van der Waals surface area contributed by atoms with Crippen LogP contribution in [0.2, 0.25) is 5.02 Å². The van der Waals surface area contributed by atoms with Crippen LogP contribution in [0.25, 0.3) is 0 Å². The van der Waals surface area contributed by atoms with Crippen LogP contribution in [0.3, 0.4) is 0 Å². The second-order valence-electron chi connectivity index (χ2n) is 5.35. The maximum Gasteiger partial charge on any atom is 0.124 e. The molecule has 2 aliphatic heterocycles. The number of nitrogen functional groups attached to an aromatic ring is 1. The molecular formula is C14H19ClN4. The summed E-state index contributed by atoms with van der Waals surface area (Å²) < 4.78 is 0. The van der Waals surface area contributed by atoms with E-state index < -0.39 is 0 Å². The molecule has 0 aromatic heterocycles. The van der Waals surface area contributed by atoms with E-state index in [1.165, 1.54) is 19.4 Å². The number of nitrogens with two attached hydrogens (primary N) is 1. The molecule has 1 atom stereocenters. The van der Waals surface area contributed by atoms with E-state index in [1.54, 1.807) is 6.07 Å². The molecule has 3 rings (SSSR count). The van der Waals surface area contributed by atoms with Crippen LogP contribution in [0, 0.1) is 5.41 Å². The number of hydrogen-bond donors (Lipinski definition) is 2. The molecule has 5 heteroatoms. The molecule has 2 heterocycles. The lowest BCUT2D eigenvalue weighted by Crippen LogP contribution is -2.50. The van der Waals surface area contributed by atoms with E-state index in [0.717, 1.165) is 30.9 Å². The van der Waals surface area contributed by atoms with Gasteiger partial charge >= 0.3 is 0 Å². The first kappa shape index (κ1) is 12.8. The number of halogens is 1. The molecule has 0 saturated carbocycles. The maximum absolute atomic E-state index is 7.71. The minimum absolute atomic E-state index is 0.112. The Kier molecular flexibility index (Phi) is 3.37. The van der Waals surface area contributed by atoms with Crippen LogP contribution in [-0.2, 0) is 0 Å². The van der Waals surface area contributed by atoms with Crippen molar-refractivity contribution in [3.05, 3.63) is 28.8 Å². The normalized spacial score (nSPS) is 23.4. The number of nitrogens with zero attached hydrogens (tertiary/aromatic N) is 2. The summed E-state index contributed by atoms with van der Waals surface area (Å²) in [4.78, 5) is 4.89. The van der Waals surface area contributed by atoms with E-state index in [1.807, 2.05) is 12.1 Å². The van der Waals surface area contributed by atoms with Gasteiger partial charge in [-0.3, -0.25) is 10.3 Å². The molecule has 4 nitrogen and oxygen atoms in total. The van der Waals surface area contributed by atoms with E-state index >= 15 is 0 Å². The summed E-state index contributed by atoms with van der Waals surface area (Å²) in [6, 6.07) is 6.23. The number of piperazine rings is 1. The van der Waals surface area contributed by atoms with Crippen LogP contribution in [0.1, 0.15) is 18.4 Å². The molecule has 2 fully saturated rings. The Morgan fingerprint density at radius 2 is 2.16 bits per heavy atom. The highest BCUT2D eigenvalue weighted by Crippen LogP contribution is 2.29. The van der Waals surface area contributed by atoms with Gasteiger partial charge in [0.1, 0.15) is 5.84 Å². The third-order valence-corrected chi connectivity index (χ3v) is 4.41. The first-order chi connectivity index (χ1) is 9.15. The fourth-order valence-corrected chi connectivity index (χ4v) is 3.37. The van der Waals surface area contributed by atoms with Crippen LogP contribution < -0.4 is 10.6 Å². The summed E-state index contributed by atoms with van der Waals surface area (Å²) in [5.74, 6) is 0.112. The van der Waals surface area contributed by atoms with Crippen molar-refractivity contribution in [3.8, 4) is 0 Å². The van der Waals surface area contributed by atoms with E-state index in [2.05, 4.69) is 9.80 Å². The molecule has 1 aromatic carbocycles. The smallest absolute Gasteiger partial charge is 0.124 e. The van der Waals surface area contributed by atoms with Gasteiger partial charge in [-0.25, -0.2) is 0 Å². The van der Waals surface area contributed by atoms with Gasteiger partial charge in [0.25, 0.3) is 0 Å². The molecule has 0 bridgehead atoms. The number of rotatable bonds is 2. The van der Waals surface area contributed by atoms with Gasteiger partial charge in [-0.2, -0.15) is 0 Å². The number of fused-ring (bicyclic) bond motifs is 1. The predicted molar refractivity (Wildman–Crippen MR) is 79.3 cm³/mol. The number of nitrogens with one attached hydrogen (secondary N) is 1. The zero-order valence-corrected chi connectivity index (χ0v) is 11.7. The fourth-order valence-electron chi connectivity index (χ4n) is 3.20. The molecule has 0 radical (unpaired) electrons. The SMILES string of the molecule is N=C(N)c1ccc(Cl)cc1N1CCN2CCCC2C1. The van der Waals surface area contributed by atoms with Crippen LogP contribution in [-0.4, -0.2) is 43.0 Å². The Labute approximate surface area is 118 Å². The summed E-state index contributed by atoms with van der Waals surface area (Å²) in [5.41, 5.74) is 7.48. The van der Waals surface area contributed by atoms with E-state index in [0.29, 0.717) is 11.1 Å². The van der Waals surface area contributed by atoms with Gasteiger partial charge in [-0.05, 0) is 37.6 Å². The molecule has 102 valence electrons. The van der Waals surface area contributed by atoms with Gasteiger partial charge in [0.15, 0.2) is 0 Å². The monoisotopic (exact) mass is 278 g/mol. The van der Waals surface area contributed by atoms with Gasteiger partial charge in [-0.1, -0.05) is 11.6 Å². The van der Waals surface area contributed by atoms with E-state index in [4.69, 9.17) is 22.7 Å². The molecule has 0 amide bonds. The summed E-state index contributed by atoms with van der Waals surface area (Å²) in [6.45, 7) is 4.32. The lowest BCUT2D eigenvalue weighted by molar-refractivity contribution is 0.231. The fraction of sp³-hybridized carbons (Fsp3) is 0.500. The van der Waals surface area contributed by atoms with Crippen molar-refractivity contribution in [2.45, 2.75) is 18.9 Å². The minimum Gasteiger partial charge on any atom is -0.384 e. The van der Waals surface area contributed by atoms with Crippen LogP contribution in [0.5, 0.6) is 0 Å². The van der Waals surface area contributed by atoms with Gasteiger partial charge in [0, 0.05) is 41.9 Å². The first-order valence-corrected chi connectivity index (χ1v) is 7.16. The standard InChI is InChI=1S/C14H19ClN4/c15-10-3-4-12(14(16)17)13(8-10)19-7-6-18-5-1-2-11(18)9-19/h3-4,8,11H,1-2,5-7,9H2,(H3,16,17). The first-order valence-electron chi connectivity index (χ1n) is 6.78. The molecule has 2 saturated heterocycles. The van der Waals surface area contributed by atoms with Crippen LogP contribution >= 0.6 is 11.6 Å². The summed E-state index contributed by atoms with van der Waals surface area (Å²) in [7, 11) is 0.